The summed E-state index contributed by atoms with van der Waals surface area (Å²) in [5, 5.41) is 2.89. The highest BCUT2D eigenvalue weighted by Crippen LogP contribution is 2.29. The Morgan fingerprint density at radius 2 is 2.08 bits per heavy atom. The van der Waals surface area contributed by atoms with Crippen molar-refractivity contribution in [2.75, 3.05) is 5.32 Å². The van der Waals surface area contributed by atoms with E-state index in [4.69, 9.17) is 5.73 Å². The van der Waals surface area contributed by atoms with E-state index in [2.05, 4.69) is 15.3 Å². The Balaban J connectivity index is 1.85. The number of aromatic nitrogens is 2. The van der Waals surface area contributed by atoms with Crippen molar-refractivity contribution in [3.05, 3.63) is 46.4 Å². The molecule has 0 spiro atoms. The zero-order valence-corrected chi connectivity index (χ0v) is 13.8. The summed E-state index contributed by atoms with van der Waals surface area (Å²) >= 11 is 0. The molecule has 24 heavy (non-hydrogen) atoms. The molecule has 3 rings (SSSR count). The predicted octanol–water partition coefficient (Wildman–Crippen LogP) is 2.21. The van der Waals surface area contributed by atoms with Gasteiger partial charge in [0.15, 0.2) is 0 Å². The molecule has 1 fully saturated rings. The molecular formula is C18H22N4O2. The van der Waals surface area contributed by atoms with Crippen LogP contribution in [0.1, 0.15) is 38.3 Å². The van der Waals surface area contributed by atoms with Gasteiger partial charge in [-0.3, -0.25) is 9.59 Å². The van der Waals surface area contributed by atoms with Gasteiger partial charge < -0.3 is 16.0 Å². The lowest BCUT2D eigenvalue weighted by Gasteiger charge is -2.22. The van der Waals surface area contributed by atoms with E-state index in [1.165, 1.54) is 6.07 Å². The van der Waals surface area contributed by atoms with Gasteiger partial charge in [-0.15, -0.1) is 0 Å². The number of hydrogen-bond acceptors (Lipinski definition) is 4. The molecule has 0 radical (unpaired) electrons. The van der Waals surface area contributed by atoms with Crippen LogP contribution in [0.15, 0.2) is 35.1 Å². The molecule has 0 saturated heterocycles. The first-order valence-corrected chi connectivity index (χ1v) is 8.31. The van der Waals surface area contributed by atoms with Crippen molar-refractivity contribution in [1.29, 1.82) is 0 Å². The van der Waals surface area contributed by atoms with Gasteiger partial charge in [-0.05, 0) is 31.4 Å². The van der Waals surface area contributed by atoms with E-state index in [1.54, 1.807) is 6.07 Å². The average Bonchev–Trinajstić information content (AvgIpc) is 3.02. The van der Waals surface area contributed by atoms with E-state index >= 15 is 0 Å². The van der Waals surface area contributed by atoms with Gasteiger partial charge in [0.05, 0.1) is 5.54 Å². The highest BCUT2D eigenvalue weighted by Gasteiger charge is 2.36. The number of hydrogen-bond donors (Lipinski definition) is 3. The van der Waals surface area contributed by atoms with Gasteiger partial charge in [0.25, 0.3) is 5.56 Å². The third-order valence-corrected chi connectivity index (χ3v) is 4.50. The smallest absolute Gasteiger partial charge is 0.251 e. The molecule has 4 N–H and O–H groups in total. The molecule has 1 saturated carbocycles. The molecule has 0 unspecified atom stereocenters. The van der Waals surface area contributed by atoms with Gasteiger partial charge in [0.1, 0.15) is 5.82 Å². The summed E-state index contributed by atoms with van der Waals surface area (Å²) in [7, 11) is 0. The number of nitrogens with zero attached hydrogens (tertiary/aromatic N) is 1. The molecule has 1 heterocycles. The number of carbonyl (C=O) groups is 1. The summed E-state index contributed by atoms with van der Waals surface area (Å²) in [5.41, 5.74) is 7.36. The Morgan fingerprint density at radius 3 is 2.79 bits per heavy atom. The van der Waals surface area contributed by atoms with Crippen LogP contribution in [0.3, 0.4) is 0 Å². The zero-order chi connectivity index (χ0) is 17.2. The van der Waals surface area contributed by atoms with Gasteiger partial charge >= 0.3 is 0 Å². The molecule has 0 bridgehead atoms. The minimum Gasteiger partial charge on any atom is -0.324 e. The molecule has 1 aliphatic rings. The van der Waals surface area contributed by atoms with E-state index in [0.29, 0.717) is 30.8 Å². The minimum atomic E-state index is -0.773. The molecule has 2 aromatic rings. The van der Waals surface area contributed by atoms with Crippen LogP contribution in [0.4, 0.5) is 5.69 Å². The van der Waals surface area contributed by atoms with Gasteiger partial charge in [-0.1, -0.05) is 31.9 Å². The summed E-state index contributed by atoms with van der Waals surface area (Å²) in [6.45, 7) is 1.95. The van der Waals surface area contributed by atoms with Crippen molar-refractivity contribution in [3.8, 4) is 11.4 Å². The second kappa shape index (κ2) is 6.57. The lowest BCUT2D eigenvalue weighted by molar-refractivity contribution is -0.121. The number of nitrogens with two attached hydrogens (primary N) is 1. The fourth-order valence-corrected chi connectivity index (χ4v) is 3.06. The number of carbonyl (C=O) groups excluding carboxylic acids is 1. The molecule has 126 valence electrons. The topological polar surface area (TPSA) is 101 Å². The molecule has 1 aromatic carbocycles. The fourth-order valence-electron chi connectivity index (χ4n) is 3.06. The van der Waals surface area contributed by atoms with Crippen LogP contribution >= 0.6 is 0 Å². The van der Waals surface area contributed by atoms with Crippen molar-refractivity contribution in [1.82, 2.24) is 9.97 Å². The molecule has 0 aliphatic heterocycles. The van der Waals surface area contributed by atoms with E-state index in [9.17, 15) is 9.59 Å². The lowest BCUT2D eigenvalue weighted by Crippen LogP contribution is -2.48. The Morgan fingerprint density at radius 1 is 1.33 bits per heavy atom. The second-order valence-corrected chi connectivity index (χ2v) is 6.34. The van der Waals surface area contributed by atoms with Crippen LogP contribution in [0.5, 0.6) is 0 Å². The first-order valence-electron chi connectivity index (χ1n) is 8.31. The first kappa shape index (κ1) is 16.4. The first-order chi connectivity index (χ1) is 11.5. The number of H-pyrrole nitrogens is 1. The van der Waals surface area contributed by atoms with Gasteiger partial charge in [-0.25, -0.2) is 4.98 Å². The number of aryl methyl sites for hydroxylation is 1. The van der Waals surface area contributed by atoms with Crippen molar-refractivity contribution >= 4 is 11.6 Å². The van der Waals surface area contributed by atoms with Crippen LogP contribution in [-0.2, 0) is 11.2 Å². The third-order valence-electron chi connectivity index (χ3n) is 4.50. The maximum absolute atomic E-state index is 12.4. The number of benzene rings is 1. The minimum absolute atomic E-state index is 0.152. The van der Waals surface area contributed by atoms with E-state index in [1.807, 2.05) is 25.1 Å². The summed E-state index contributed by atoms with van der Waals surface area (Å²) < 4.78 is 0. The fraction of sp³-hybridized carbons (Fsp3) is 0.389. The third kappa shape index (κ3) is 3.38. The summed E-state index contributed by atoms with van der Waals surface area (Å²) in [6.07, 6.45) is 4.08. The van der Waals surface area contributed by atoms with Crippen molar-refractivity contribution in [3.63, 3.8) is 0 Å². The normalized spacial score (nSPS) is 16.1. The molecule has 1 aliphatic carbocycles. The molecule has 1 amide bonds. The summed E-state index contributed by atoms with van der Waals surface area (Å²) in [5.74, 6) is 0.347. The van der Waals surface area contributed by atoms with E-state index in [0.717, 1.165) is 24.1 Å². The number of anilines is 1. The van der Waals surface area contributed by atoms with Crippen LogP contribution in [0, 0.1) is 0 Å². The Labute approximate surface area is 140 Å². The molecule has 6 nitrogen and oxygen atoms in total. The summed E-state index contributed by atoms with van der Waals surface area (Å²) in [6, 6.07) is 8.77. The van der Waals surface area contributed by atoms with Crippen LogP contribution in [-0.4, -0.2) is 21.4 Å². The van der Waals surface area contributed by atoms with Crippen molar-refractivity contribution < 1.29 is 4.79 Å². The lowest BCUT2D eigenvalue weighted by atomic mass is 9.98. The van der Waals surface area contributed by atoms with Crippen LogP contribution < -0.4 is 16.6 Å². The van der Waals surface area contributed by atoms with E-state index in [-0.39, 0.29) is 11.5 Å². The predicted molar refractivity (Wildman–Crippen MR) is 93.7 cm³/mol. The Kier molecular flexibility index (Phi) is 4.49. The highest BCUT2D eigenvalue weighted by molar-refractivity contribution is 5.98. The van der Waals surface area contributed by atoms with Gasteiger partial charge in [0.2, 0.25) is 5.91 Å². The standard InChI is InChI=1S/C18H22N4O2/c1-2-13-11-15(23)22-16(20-13)12-6-5-7-14(10-12)21-17(24)18(19)8-3-4-9-18/h5-7,10-11H,2-4,8-9,19H2,1H3,(H,21,24)(H,20,22,23). The van der Waals surface area contributed by atoms with Crippen molar-refractivity contribution in [2.24, 2.45) is 5.73 Å². The largest absolute Gasteiger partial charge is 0.324 e. The van der Waals surface area contributed by atoms with Crippen LogP contribution in [0.2, 0.25) is 0 Å². The molecule has 1 aromatic heterocycles. The molecule has 6 heteroatoms. The maximum Gasteiger partial charge on any atom is 0.251 e. The number of rotatable bonds is 4. The Bertz CT molecular complexity index is 807. The quantitative estimate of drug-likeness (QED) is 0.802. The van der Waals surface area contributed by atoms with Crippen LogP contribution in [0.25, 0.3) is 11.4 Å². The SMILES string of the molecule is CCc1cc(=O)[nH]c(-c2cccc(NC(=O)C3(N)CCCC3)c2)n1. The van der Waals surface area contributed by atoms with Crippen molar-refractivity contribution in [2.45, 2.75) is 44.6 Å². The average molecular weight is 326 g/mol. The number of nitrogens with one attached hydrogen (secondary N) is 2. The highest BCUT2D eigenvalue weighted by atomic mass is 16.2. The monoisotopic (exact) mass is 326 g/mol. The maximum atomic E-state index is 12.4. The Hall–Kier alpha value is -2.47. The summed E-state index contributed by atoms with van der Waals surface area (Å²) in [4.78, 5) is 31.3. The van der Waals surface area contributed by atoms with Gasteiger partial charge in [-0.2, -0.15) is 0 Å². The van der Waals surface area contributed by atoms with E-state index < -0.39 is 5.54 Å². The molecule has 0 atom stereocenters. The molecular weight excluding hydrogens is 304 g/mol. The number of aromatic amines is 1. The second-order valence-electron chi connectivity index (χ2n) is 6.34. The zero-order valence-electron chi connectivity index (χ0n) is 13.8. The van der Waals surface area contributed by atoms with Gasteiger partial charge in [0, 0.05) is 23.0 Å². The number of amides is 1.